The van der Waals surface area contributed by atoms with Crippen LogP contribution in [0.3, 0.4) is 0 Å². The van der Waals surface area contributed by atoms with Crippen molar-refractivity contribution in [1.82, 2.24) is 19.5 Å². The van der Waals surface area contributed by atoms with Crippen molar-refractivity contribution in [3.8, 4) is 11.1 Å². The molecule has 0 aliphatic carbocycles. The van der Waals surface area contributed by atoms with Crippen LogP contribution in [0.15, 0.2) is 29.3 Å². The van der Waals surface area contributed by atoms with Gasteiger partial charge in [0, 0.05) is 29.8 Å². The van der Waals surface area contributed by atoms with E-state index in [0.29, 0.717) is 24.0 Å². The number of rotatable bonds is 5. The number of nitrogens with zero attached hydrogens (tertiary/aromatic N) is 4. The molecule has 13 heteroatoms. The second kappa shape index (κ2) is 8.52. The van der Waals surface area contributed by atoms with Crippen LogP contribution in [0.1, 0.15) is 47.7 Å². The number of carbonyl (C=O) groups is 2. The largest absolute Gasteiger partial charge is 0.387 e. The molecule has 0 saturated carbocycles. The summed E-state index contributed by atoms with van der Waals surface area (Å²) in [6, 6.07) is 3.62. The van der Waals surface area contributed by atoms with Crippen molar-refractivity contribution in [2.45, 2.75) is 48.6 Å². The Kier molecular flexibility index (Phi) is 5.71. The quantitative estimate of drug-likeness (QED) is 0.447. The molecule has 2 aromatic heterocycles. The fourth-order valence-corrected chi connectivity index (χ4v) is 6.71. The van der Waals surface area contributed by atoms with Crippen molar-refractivity contribution >= 4 is 33.1 Å². The molecule has 1 aromatic carbocycles. The summed E-state index contributed by atoms with van der Waals surface area (Å²) >= 11 is 0. The highest BCUT2D eigenvalue weighted by Gasteiger charge is 2.45. The average molecular weight is 517 g/mol. The van der Waals surface area contributed by atoms with Gasteiger partial charge in [-0.2, -0.15) is 9.61 Å². The SMILES string of the molecule is CS(=O)(=O)c1c([C@@H]2C[C@H]3CC[C@@H](C2)N3C(=O)CO)nc2c(-c3ccc(C(N)=O)c(F)c3)cnn2c1N. The van der Waals surface area contributed by atoms with E-state index in [1.807, 2.05) is 0 Å². The van der Waals surface area contributed by atoms with E-state index in [0.717, 1.165) is 25.2 Å². The number of aromatic nitrogens is 3. The number of primary amides is 1. The number of anilines is 1. The smallest absolute Gasteiger partial charge is 0.251 e. The predicted octanol–water partition coefficient (Wildman–Crippen LogP) is 0.849. The van der Waals surface area contributed by atoms with Crippen molar-refractivity contribution in [3.63, 3.8) is 0 Å². The Labute approximate surface area is 205 Å². The lowest BCUT2D eigenvalue weighted by molar-refractivity contribution is -0.138. The zero-order chi connectivity index (χ0) is 25.9. The molecule has 2 fully saturated rings. The molecule has 2 aliphatic heterocycles. The van der Waals surface area contributed by atoms with E-state index in [-0.39, 0.29) is 51.5 Å². The van der Waals surface area contributed by atoms with Gasteiger partial charge >= 0.3 is 0 Å². The van der Waals surface area contributed by atoms with Crippen LogP contribution in [0.5, 0.6) is 0 Å². The minimum atomic E-state index is -3.81. The number of benzene rings is 1. The first kappa shape index (κ1) is 24.1. The second-order valence-electron chi connectivity index (χ2n) is 9.35. The summed E-state index contributed by atoms with van der Waals surface area (Å²) in [6.07, 6.45) is 4.90. The maximum atomic E-state index is 14.5. The molecule has 3 atom stereocenters. The Balaban J connectivity index is 1.65. The van der Waals surface area contributed by atoms with Crippen LogP contribution in [0.4, 0.5) is 10.2 Å². The van der Waals surface area contributed by atoms with Crippen molar-refractivity contribution in [1.29, 1.82) is 0 Å². The lowest BCUT2D eigenvalue weighted by Crippen LogP contribution is -2.47. The van der Waals surface area contributed by atoms with E-state index in [1.54, 1.807) is 4.90 Å². The van der Waals surface area contributed by atoms with Gasteiger partial charge in [0.1, 0.15) is 23.1 Å². The minimum absolute atomic E-state index is 0.112. The minimum Gasteiger partial charge on any atom is -0.387 e. The van der Waals surface area contributed by atoms with Gasteiger partial charge in [0.25, 0.3) is 5.91 Å². The zero-order valence-corrected chi connectivity index (χ0v) is 20.2. The number of aliphatic hydroxyl groups excluding tert-OH is 1. The van der Waals surface area contributed by atoms with E-state index in [4.69, 9.17) is 16.5 Å². The number of aliphatic hydroxyl groups is 1. The first-order chi connectivity index (χ1) is 17.0. The third-order valence-electron chi connectivity index (χ3n) is 7.12. The summed E-state index contributed by atoms with van der Waals surface area (Å²) in [5.74, 6) is -2.47. The number of hydrogen-bond donors (Lipinski definition) is 3. The molecular weight excluding hydrogens is 491 g/mol. The summed E-state index contributed by atoms with van der Waals surface area (Å²) in [6.45, 7) is -0.576. The molecule has 0 radical (unpaired) electrons. The standard InChI is InChI=1S/C23H25FN6O5S/c1-36(34,35)20-19(12-6-13-3-4-14(7-12)29(13)18(32)10-31)28-23-16(9-27-30(23)21(20)25)11-2-5-15(22(26)33)17(24)8-11/h2,5,8-9,12-14,31H,3-4,6-7,10,25H2,1H3,(H2,26,33)/t12-,13-,14+. The summed E-state index contributed by atoms with van der Waals surface area (Å²) in [4.78, 5) is 30.0. The molecule has 3 aromatic rings. The van der Waals surface area contributed by atoms with Gasteiger partial charge in [0.2, 0.25) is 5.91 Å². The maximum absolute atomic E-state index is 14.5. The third-order valence-corrected chi connectivity index (χ3v) is 8.28. The van der Waals surface area contributed by atoms with Crippen LogP contribution in [0, 0.1) is 5.82 Å². The van der Waals surface area contributed by atoms with Gasteiger partial charge < -0.3 is 21.5 Å². The first-order valence-corrected chi connectivity index (χ1v) is 13.3. The number of amides is 2. The topological polar surface area (TPSA) is 174 Å². The van der Waals surface area contributed by atoms with Crippen LogP contribution in [0.25, 0.3) is 16.8 Å². The third kappa shape index (κ3) is 3.78. The predicted molar refractivity (Wildman–Crippen MR) is 127 cm³/mol. The van der Waals surface area contributed by atoms with Gasteiger partial charge in [-0.05, 0) is 43.4 Å². The van der Waals surface area contributed by atoms with E-state index in [9.17, 15) is 27.5 Å². The van der Waals surface area contributed by atoms with E-state index >= 15 is 0 Å². The number of fused-ring (bicyclic) bond motifs is 3. The zero-order valence-electron chi connectivity index (χ0n) is 19.4. The number of piperidine rings is 1. The van der Waals surface area contributed by atoms with Crippen LogP contribution < -0.4 is 11.5 Å². The molecule has 0 spiro atoms. The Morgan fingerprint density at radius 1 is 1.22 bits per heavy atom. The van der Waals surface area contributed by atoms with Gasteiger partial charge in [-0.25, -0.2) is 17.8 Å². The number of hydrogen-bond acceptors (Lipinski definition) is 8. The van der Waals surface area contributed by atoms with Crippen molar-refractivity contribution in [3.05, 3.63) is 41.5 Å². The normalized spacial score (nSPS) is 21.8. The highest BCUT2D eigenvalue weighted by atomic mass is 32.2. The van der Waals surface area contributed by atoms with Gasteiger partial charge in [0.15, 0.2) is 15.5 Å². The molecule has 2 bridgehead atoms. The number of carbonyl (C=O) groups excluding carboxylic acids is 2. The van der Waals surface area contributed by atoms with Gasteiger partial charge in [0.05, 0.1) is 17.5 Å². The summed E-state index contributed by atoms with van der Waals surface area (Å²) in [5, 5.41) is 13.6. The number of nitrogen functional groups attached to an aromatic ring is 1. The monoisotopic (exact) mass is 516 g/mol. The second-order valence-corrected chi connectivity index (χ2v) is 11.3. The Bertz CT molecular complexity index is 1510. The van der Waals surface area contributed by atoms with Crippen molar-refractivity contribution < 1.29 is 27.5 Å². The highest BCUT2D eigenvalue weighted by molar-refractivity contribution is 7.91. The fraction of sp³-hybridized carbons (Fsp3) is 0.391. The van der Waals surface area contributed by atoms with Gasteiger partial charge in [-0.15, -0.1) is 0 Å². The Morgan fingerprint density at radius 2 is 1.89 bits per heavy atom. The molecule has 5 N–H and O–H groups in total. The van der Waals surface area contributed by atoms with Crippen molar-refractivity contribution in [2.24, 2.45) is 5.73 Å². The summed E-state index contributed by atoms with van der Waals surface area (Å²) in [7, 11) is -3.81. The van der Waals surface area contributed by atoms with Crippen molar-refractivity contribution in [2.75, 3.05) is 18.6 Å². The number of nitrogens with two attached hydrogens (primary N) is 2. The van der Waals surface area contributed by atoms with E-state index < -0.39 is 28.2 Å². The number of sulfone groups is 1. The van der Waals surface area contributed by atoms with E-state index in [1.165, 1.54) is 22.8 Å². The molecule has 4 heterocycles. The summed E-state index contributed by atoms with van der Waals surface area (Å²) in [5.41, 5.74) is 12.5. The average Bonchev–Trinajstić information content (AvgIpc) is 3.35. The molecule has 2 saturated heterocycles. The maximum Gasteiger partial charge on any atom is 0.251 e. The van der Waals surface area contributed by atoms with Crippen LogP contribution in [0.2, 0.25) is 0 Å². The molecule has 5 rings (SSSR count). The highest BCUT2D eigenvalue weighted by Crippen LogP contribution is 2.45. The molecule has 190 valence electrons. The Hall–Kier alpha value is -3.58. The Morgan fingerprint density at radius 3 is 2.44 bits per heavy atom. The fourth-order valence-electron chi connectivity index (χ4n) is 5.65. The lowest BCUT2D eigenvalue weighted by atomic mass is 9.87. The van der Waals surface area contributed by atoms with Gasteiger partial charge in [-0.1, -0.05) is 6.07 Å². The molecule has 11 nitrogen and oxygen atoms in total. The van der Waals surface area contributed by atoms with E-state index in [2.05, 4.69) is 5.10 Å². The van der Waals surface area contributed by atoms with Gasteiger partial charge in [-0.3, -0.25) is 9.59 Å². The summed E-state index contributed by atoms with van der Waals surface area (Å²) < 4.78 is 41.3. The van der Waals surface area contributed by atoms with Crippen LogP contribution >= 0.6 is 0 Å². The lowest BCUT2D eigenvalue weighted by Gasteiger charge is -2.39. The molecule has 36 heavy (non-hydrogen) atoms. The molecule has 2 aliphatic rings. The molecule has 0 unspecified atom stereocenters. The number of halogens is 1. The first-order valence-electron chi connectivity index (χ1n) is 11.4. The van der Waals surface area contributed by atoms with Crippen LogP contribution in [-0.4, -0.2) is 69.8 Å². The van der Waals surface area contributed by atoms with Crippen LogP contribution in [-0.2, 0) is 14.6 Å². The molecular formula is C23H25FN6O5S. The molecule has 2 amide bonds.